The first-order valence-corrected chi connectivity index (χ1v) is 6.58. The van der Waals surface area contributed by atoms with Crippen molar-refractivity contribution in [1.29, 1.82) is 0 Å². The normalized spacial score (nSPS) is 14.7. The molecule has 5 nitrogen and oxygen atoms in total. The van der Waals surface area contributed by atoms with Crippen LogP contribution in [0.3, 0.4) is 0 Å². The summed E-state index contributed by atoms with van der Waals surface area (Å²) in [5.41, 5.74) is 6.01. The maximum Gasteiger partial charge on any atom is 0.449 e. The predicted molar refractivity (Wildman–Crippen MR) is 69.4 cm³/mol. The van der Waals surface area contributed by atoms with E-state index in [0.717, 1.165) is 4.57 Å². The van der Waals surface area contributed by atoms with Crippen molar-refractivity contribution in [1.82, 2.24) is 9.55 Å². The van der Waals surface area contributed by atoms with E-state index in [-0.39, 0.29) is 12.1 Å². The van der Waals surface area contributed by atoms with Gasteiger partial charge in [0.25, 0.3) is 0 Å². The summed E-state index contributed by atoms with van der Waals surface area (Å²) in [6.45, 7) is 1.21. The van der Waals surface area contributed by atoms with Crippen LogP contribution in [0.2, 0.25) is 0 Å². The molecule has 2 N–H and O–H groups in total. The third-order valence-electron chi connectivity index (χ3n) is 3.25. The summed E-state index contributed by atoms with van der Waals surface area (Å²) in [6.07, 6.45) is -4.08. The predicted octanol–water partition coefficient (Wildman–Crippen LogP) is 2.18. The summed E-state index contributed by atoms with van der Waals surface area (Å²) in [6, 6.07) is 3.03. The molecule has 1 aliphatic heterocycles. The number of hydrogen-bond acceptors (Lipinski definition) is 4. The van der Waals surface area contributed by atoms with Crippen molar-refractivity contribution in [3.63, 3.8) is 0 Å². The summed E-state index contributed by atoms with van der Waals surface area (Å²) in [5.74, 6) is -0.0596. The molecule has 8 heteroatoms. The number of imidazole rings is 1. The van der Waals surface area contributed by atoms with E-state index < -0.39 is 12.0 Å². The number of aryl methyl sites for hydroxylation is 1. The van der Waals surface area contributed by atoms with Gasteiger partial charge in [0.05, 0.1) is 11.0 Å². The van der Waals surface area contributed by atoms with Crippen LogP contribution in [0.4, 0.5) is 13.2 Å². The second-order valence-corrected chi connectivity index (χ2v) is 4.71. The molecule has 1 aromatic heterocycles. The molecule has 3 rings (SSSR count). The highest BCUT2D eigenvalue weighted by Crippen LogP contribution is 2.38. The van der Waals surface area contributed by atoms with Gasteiger partial charge in [-0.05, 0) is 13.0 Å². The quantitative estimate of drug-likeness (QED) is 0.944. The first-order valence-electron chi connectivity index (χ1n) is 6.58. The van der Waals surface area contributed by atoms with Crippen molar-refractivity contribution in [3.8, 4) is 11.5 Å². The van der Waals surface area contributed by atoms with Gasteiger partial charge in [-0.25, -0.2) is 4.98 Å². The lowest BCUT2D eigenvalue weighted by molar-refractivity contribution is -0.146. The Hall–Kier alpha value is -1.96. The molecule has 1 aliphatic rings. The molecule has 21 heavy (non-hydrogen) atoms. The minimum atomic E-state index is -4.52. The van der Waals surface area contributed by atoms with Gasteiger partial charge in [0, 0.05) is 18.7 Å². The van der Waals surface area contributed by atoms with E-state index in [1.165, 1.54) is 6.07 Å². The molecule has 0 amide bonds. The molecule has 0 unspecified atom stereocenters. The number of nitrogens with zero attached hydrogens (tertiary/aromatic N) is 2. The number of halogens is 3. The molecule has 2 heterocycles. The Balaban J connectivity index is 2.17. The summed E-state index contributed by atoms with van der Waals surface area (Å²) in [5, 5.41) is 0. The monoisotopic (exact) mass is 301 g/mol. The zero-order chi connectivity index (χ0) is 15.0. The zero-order valence-electron chi connectivity index (χ0n) is 11.1. The Bertz CT molecular complexity index is 667. The van der Waals surface area contributed by atoms with Gasteiger partial charge in [0.2, 0.25) is 5.82 Å². The van der Waals surface area contributed by atoms with E-state index in [4.69, 9.17) is 15.2 Å². The molecule has 0 saturated heterocycles. The van der Waals surface area contributed by atoms with Crippen molar-refractivity contribution in [3.05, 3.63) is 18.0 Å². The number of hydrogen-bond donors (Lipinski definition) is 1. The molecular weight excluding hydrogens is 287 g/mol. The minimum absolute atomic E-state index is 0.154. The van der Waals surface area contributed by atoms with E-state index in [1.54, 1.807) is 6.07 Å². The van der Waals surface area contributed by atoms with Crippen LogP contribution in [0, 0.1) is 0 Å². The Kier molecular flexibility index (Phi) is 3.40. The van der Waals surface area contributed by atoms with Gasteiger partial charge in [-0.15, -0.1) is 0 Å². The SMILES string of the molecule is NCCCn1c(C(F)(F)F)nc2cc3c(cc21)OCCO3. The Morgan fingerprint density at radius 2 is 1.86 bits per heavy atom. The van der Waals surface area contributed by atoms with Crippen molar-refractivity contribution in [2.24, 2.45) is 5.73 Å². The number of fused-ring (bicyclic) bond motifs is 2. The number of alkyl halides is 3. The number of rotatable bonds is 3. The molecule has 2 aromatic rings. The van der Waals surface area contributed by atoms with Crippen molar-refractivity contribution < 1.29 is 22.6 Å². The van der Waals surface area contributed by atoms with Gasteiger partial charge in [-0.3, -0.25) is 0 Å². The van der Waals surface area contributed by atoms with E-state index in [9.17, 15) is 13.2 Å². The second kappa shape index (κ2) is 5.10. The van der Waals surface area contributed by atoms with Gasteiger partial charge in [-0.1, -0.05) is 0 Å². The van der Waals surface area contributed by atoms with Crippen LogP contribution < -0.4 is 15.2 Å². The highest BCUT2D eigenvalue weighted by atomic mass is 19.4. The highest BCUT2D eigenvalue weighted by Gasteiger charge is 2.37. The van der Waals surface area contributed by atoms with Crippen LogP contribution in [-0.4, -0.2) is 29.3 Å². The van der Waals surface area contributed by atoms with Crippen molar-refractivity contribution in [2.75, 3.05) is 19.8 Å². The van der Waals surface area contributed by atoms with Crippen LogP contribution in [0.5, 0.6) is 11.5 Å². The molecule has 114 valence electrons. The van der Waals surface area contributed by atoms with Gasteiger partial charge < -0.3 is 19.8 Å². The number of aromatic nitrogens is 2. The average molecular weight is 301 g/mol. The molecule has 0 fully saturated rings. The molecule has 0 aliphatic carbocycles. The molecule has 0 bridgehead atoms. The van der Waals surface area contributed by atoms with Gasteiger partial charge in [-0.2, -0.15) is 13.2 Å². The van der Waals surface area contributed by atoms with Gasteiger partial charge in [0.15, 0.2) is 11.5 Å². The average Bonchev–Trinajstić information content (AvgIpc) is 2.80. The summed E-state index contributed by atoms with van der Waals surface area (Å²) >= 11 is 0. The molecular formula is C13H14F3N3O2. The fraction of sp³-hybridized carbons (Fsp3) is 0.462. The topological polar surface area (TPSA) is 62.3 Å². The van der Waals surface area contributed by atoms with E-state index in [2.05, 4.69) is 4.98 Å². The Morgan fingerprint density at radius 1 is 1.19 bits per heavy atom. The lowest BCUT2D eigenvalue weighted by atomic mass is 10.2. The summed E-state index contributed by atoms with van der Waals surface area (Å²) in [4.78, 5) is 3.71. The molecule has 0 saturated carbocycles. The summed E-state index contributed by atoms with van der Waals surface area (Å²) < 4.78 is 51.3. The van der Waals surface area contributed by atoms with E-state index in [0.29, 0.717) is 43.2 Å². The molecule has 0 radical (unpaired) electrons. The van der Waals surface area contributed by atoms with Gasteiger partial charge in [0.1, 0.15) is 13.2 Å². The van der Waals surface area contributed by atoms with Crippen LogP contribution in [0.1, 0.15) is 12.2 Å². The van der Waals surface area contributed by atoms with Crippen LogP contribution >= 0.6 is 0 Å². The van der Waals surface area contributed by atoms with Crippen LogP contribution in [0.25, 0.3) is 11.0 Å². The maximum absolute atomic E-state index is 13.1. The minimum Gasteiger partial charge on any atom is -0.486 e. The fourth-order valence-corrected chi connectivity index (χ4v) is 2.35. The third-order valence-corrected chi connectivity index (χ3v) is 3.25. The largest absolute Gasteiger partial charge is 0.486 e. The van der Waals surface area contributed by atoms with Crippen molar-refractivity contribution >= 4 is 11.0 Å². The number of ether oxygens (including phenoxy) is 2. The standard InChI is InChI=1S/C13H14F3N3O2/c14-13(15,16)12-18-8-6-10-11(21-5-4-20-10)7-9(8)19(12)3-1-2-17/h6-7H,1-5,17H2. The highest BCUT2D eigenvalue weighted by molar-refractivity contribution is 5.81. The summed E-state index contributed by atoms with van der Waals surface area (Å²) in [7, 11) is 0. The second-order valence-electron chi connectivity index (χ2n) is 4.71. The number of nitrogens with two attached hydrogens (primary N) is 1. The maximum atomic E-state index is 13.1. The number of benzene rings is 1. The lowest BCUT2D eigenvalue weighted by Crippen LogP contribution is -2.17. The lowest BCUT2D eigenvalue weighted by Gasteiger charge is -2.18. The van der Waals surface area contributed by atoms with E-state index >= 15 is 0 Å². The Labute approximate surface area is 118 Å². The van der Waals surface area contributed by atoms with Crippen LogP contribution in [-0.2, 0) is 12.7 Å². The Morgan fingerprint density at radius 3 is 2.48 bits per heavy atom. The fourth-order valence-electron chi connectivity index (χ4n) is 2.35. The van der Waals surface area contributed by atoms with E-state index in [1.807, 2.05) is 0 Å². The molecule has 0 spiro atoms. The molecule has 0 atom stereocenters. The smallest absolute Gasteiger partial charge is 0.449 e. The van der Waals surface area contributed by atoms with Gasteiger partial charge >= 0.3 is 6.18 Å². The molecule has 1 aromatic carbocycles. The third kappa shape index (κ3) is 2.51. The zero-order valence-corrected chi connectivity index (χ0v) is 11.1. The van der Waals surface area contributed by atoms with Crippen molar-refractivity contribution in [2.45, 2.75) is 19.1 Å². The first-order chi connectivity index (χ1) is 10.0. The first kappa shape index (κ1) is 14.0. The van der Waals surface area contributed by atoms with Crippen LogP contribution in [0.15, 0.2) is 12.1 Å².